The van der Waals surface area contributed by atoms with Crippen LogP contribution < -0.4 is 0 Å². The van der Waals surface area contributed by atoms with E-state index in [9.17, 15) is 19.2 Å². The normalized spacial score (nSPS) is 8.75. The SMILES string of the molecule is CC(=O)CC(=O)O.CC(=O)CC(=O)O.CC(C)OCCCCO.[Ti]. The standard InChI is InChI=1S/C7H16O2.2C4H6O3.Ti/c1-7(2)9-6-4-3-5-8;2*1-3(5)2-4(6)7;/h7-8H,3-6H2,1-2H3;2*2H2,1H3,(H,6,7);. The van der Waals surface area contributed by atoms with Crippen LogP contribution in [-0.2, 0) is 45.6 Å². The Hall–Kier alpha value is -1.09. The molecule has 0 spiro atoms. The van der Waals surface area contributed by atoms with Gasteiger partial charge in [-0.3, -0.25) is 19.2 Å². The van der Waals surface area contributed by atoms with Crippen molar-refractivity contribution >= 4 is 23.5 Å². The molecule has 9 heteroatoms. The molecule has 0 radical (unpaired) electrons. The molecule has 0 aliphatic rings. The Morgan fingerprint density at radius 3 is 1.42 bits per heavy atom. The molecule has 0 unspecified atom stereocenters. The zero-order valence-corrected chi connectivity index (χ0v) is 16.3. The molecule has 0 heterocycles. The van der Waals surface area contributed by atoms with Crippen LogP contribution in [0.5, 0.6) is 0 Å². The first-order chi connectivity index (χ1) is 10.5. The topological polar surface area (TPSA) is 138 Å². The average molecular weight is 384 g/mol. The van der Waals surface area contributed by atoms with E-state index in [4.69, 9.17) is 20.1 Å². The van der Waals surface area contributed by atoms with E-state index in [2.05, 4.69) is 0 Å². The van der Waals surface area contributed by atoms with Gasteiger partial charge in [-0.1, -0.05) is 0 Å². The molecule has 0 saturated carbocycles. The molecule has 0 saturated heterocycles. The van der Waals surface area contributed by atoms with E-state index < -0.39 is 11.9 Å². The monoisotopic (exact) mass is 384 g/mol. The molecule has 0 aromatic rings. The number of hydrogen-bond acceptors (Lipinski definition) is 6. The van der Waals surface area contributed by atoms with Gasteiger partial charge in [0, 0.05) is 34.9 Å². The fraction of sp³-hybridized carbons (Fsp3) is 0.733. The Morgan fingerprint density at radius 2 is 1.25 bits per heavy atom. The summed E-state index contributed by atoms with van der Waals surface area (Å²) < 4.78 is 5.23. The van der Waals surface area contributed by atoms with Gasteiger partial charge in [-0.15, -0.1) is 0 Å². The minimum atomic E-state index is -1.06. The first-order valence-corrected chi connectivity index (χ1v) is 7.17. The second-order valence-corrected chi connectivity index (χ2v) is 4.90. The fourth-order valence-corrected chi connectivity index (χ4v) is 0.959. The smallest absolute Gasteiger partial charge is 0.310 e. The predicted octanol–water partition coefficient (Wildman–Crippen LogP) is 1.28. The van der Waals surface area contributed by atoms with Crippen LogP contribution in [0.3, 0.4) is 0 Å². The number of aliphatic carboxylic acids is 2. The predicted molar refractivity (Wildman–Crippen MR) is 83.3 cm³/mol. The summed E-state index contributed by atoms with van der Waals surface area (Å²) in [6.07, 6.45) is 1.42. The minimum absolute atomic E-state index is 0. The molecule has 0 aromatic carbocycles. The number of Topliss-reactive ketones (excluding diaryl/α,β-unsaturated/α-hetero) is 2. The van der Waals surface area contributed by atoms with Crippen molar-refractivity contribution in [3.05, 3.63) is 0 Å². The maximum Gasteiger partial charge on any atom is 0.310 e. The van der Waals surface area contributed by atoms with Gasteiger partial charge in [0.05, 0.1) is 6.10 Å². The van der Waals surface area contributed by atoms with Crippen LogP contribution in [0, 0.1) is 0 Å². The van der Waals surface area contributed by atoms with Gasteiger partial charge >= 0.3 is 11.9 Å². The van der Waals surface area contributed by atoms with Gasteiger partial charge in [0.15, 0.2) is 0 Å². The third-order valence-electron chi connectivity index (χ3n) is 1.80. The number of ether oxygens (including phenoxy) is 1. The zero-order valence-electron chi connectivity index (χ0n) is 14.7. The molecule has 3 N–H and O–H groups in total. The van der Waals surface area contributed by atoms with Gasteiger partial charge < -0.3 is 20.1 Å². The molecule has 0 bridgehead atoms. The summed E-state index contributed by atoms with van der Waals surface area (Å²) in [5.41, 5.74) is 0. The number of carbonyl (C=O) groups is 4. The summed E-state index contributed by atoms with van der Waals surface area (Å²) in [6.45, 7) is 7.57. The number of unbranched alkanes of at least 4 members (excludes halogenated alkanes) is 1. The Bertz CT molecular complexity index is 305. The third-order valence-corrected chi connectivity index (χ3v) is 1.80. The van der Waals surface area contributed by atoms with E-state index in [0.29, 0.717) is 6.10 Å². The maximum absolute atomic E-state index is 9.87. The Kier molecular flexibility index (Phi) is 28.1. The molecule has 0 fully saturated rings. The molecule has 140 valence electrons. The summed E-state index contributed by atoms with van der Waals surface area (Å²) in [7, 11) is 0. The first-order valence-electron chi connectivity index (χ1n) is 7.17. The summed E-state index contributed by atoms with van der Waals surface area (Å²) in [4.78, 5) is 38.9. The van der Waals surface area contributed by atoms with Crippen molar-refractivity contribution in [1.29, 1.82) is 0 Å². The second-order valence-electron chi connectivity index (χ2n) is 4.90. The molecule has 0 aliphatic heterocycles. The molecule has 8 nitrogen and oxygen atoms in total. The van der Waals surface area contributed by atoms with Gasteiger partial charge in [-0.05, 0) is 40.5 Å². The number of carboxylic acids is 2. The molecular weight excluding hydrogens is 356 g/mol. The van der Waals surface area contributed by atoms with Crippen molar-refractivity contribution in [1.82, 2.24) is 0 Å². The van der Waals surface area contributed by atoms with Crippen LogP contribution in [0.25, 0.3) is 0 Å². The molecule has 0 atom stereocenters. The third kappa shape index (κ3) is 49.7. The number of ketones is 2. The van der Waals surface area contributed by atoms with Crippen LogP contribution in [-0.4, -0.2) is 58.1 Å². The number of aliphatic hydroxyl groups is 1. The van der Waals surface area contributed by atoms with E-state index in [0.717, 1.165) is 19.4 Å². The van der Waals surface area contributed by atoms with Gasteiger partial charge in [-0.25, -0.2) is 0 Å². The molecule has 0 amide bonds. The van der Waals surface area contributed by atoms with Crippen LogP contribution in [0.1, 0.15) is 53.4 Å². The largest absolute Gasteiger partial charge is 0.481 e. The van der Waals surface area contributed by atoms with Crippen molar-refractivity contribution < 1.29 is 61.0 Å². The average Bonchev–Trinajstić information content (AvgIpc) is 2.32. The van der Waals surface area contributed by atoms with Crippen molar-refractivity contribution in [3.8, 4) is 0 Å². The van der Waals surface area contributed by atoms with E-state index in [1.807, 2.05) is 13.8 Å². The summed E-state index contributed by atoms with van der Waals surface area (Å²) >= 11 is 0. The van der Waals surface area contributed by atoms with Gasteiger partial charge in [-0.2, -0.15) is 0 Å². The molecule has 0 aromatic heterocycles. The van der Waals surface area contributed by atoms with E-state index in [1.165, 1.54) is 13.8 Å². The minimum Gasteiger partial charge on any atom is -0.481 e. The van der Waals surface area contributed by atoms with Crippen LogP contribution in [0.2, 0.25) is 0 Å². The maximum atomic E-state index is 9.87. The Labute approximate surface area is 157 Å². The van der Waals surface area contributed by atoms with Crippen molar-refractivity contribution in [2.75, 3.05) is 13.2 Å². The molecule has 24 heavy (non-hydrogen) atoms. The Balaban J connectivity index is -0.000000124. The van der Waals surface area contributed by atoms with Crippen LogP contribution in [0.4, 0.5) is 0 Å². The van der Waals surface area contributed by atoms with E-state index in [-0.39, 0.29) is 52.7 Å². The summed E-state index contributed by atoms with van der Waals surface area (Å²) in [6, 6.07) is 0. The van der Waals surface area contributed by atoms with Gasteiger partial charge in [0.1, 0.15) is 24.4 Å². The quantitative estimate of drug-likeness (QED) is 0.307. The molecule has 0 rings (SSSR count). The van der Waals surface area contributed by atoms with E-state index >= 15 is 0 Å². The van der Waals surface area contributed by atoms with Crippen molar-refractivity contribution in [2.45, 2.75) is 59.5 Å². The fourth-order valence-electron chi connectivity index (χ4n) is 0.959. The number of rotatable bonds is 9. The van der Waals surface area contributed by atoms with Crippen LogP contribution in [0.15, 0.2) is 0 Å². The summed E-state index contributed by atoms with van der Waals surface area (Å²) in [5, 5.41) is 24.1. The van der Waals surface area contributed by atoms with Crippen LogP contribution >= 0.6 is 0 Å². The Morgan fingerprint density at radius 1 is 0.875 bits per heavy atom. The molecule has 0 aliphatic carbocycles. The number of hydrogen-bond donors (Lipinski definition) is 3. The first kappa shape index (κ1) is 30.8. The van der Waals surface area contributed by atoms with E-state index in [1.54, 1.807) is 0 Å². The molecular formula is C15H28O8Ti. The van der Waals surface area contributed by atoms with Gasteiger partial charge in [0.2, 0.25) is 0 Å². The van der Waals surface area contributed by atoms with Gasteiger partial charge in [0.25, 0.3) is 0 Å². The number of aliphatic hydroxyl groups excluding tert-OH is 1. The second kappa shape index (κ2) is 21.9. The van der Waals surface area contributed by atoms with Crippen molar-refractivity contribution in [2.24, 2.45) is 0 Å². The number of carbonyl (C=O) groups excluding carboxylic acids is 2. The summed E-state index contributed by atoms with van der Waals surface area (Å²) in [5.74, 6) is -2.75. The van der Waals surface area contributed by atoms with Crippen molar-refractivity contribution in [3.63, 3.8) is 0 Å². The number of carboxylic acid groups (broad SMARTS) is 2. The zero-order chi connectivity index (χ0) is 18.8.